The molecule has 0 aliphatic heterocycles. The van der Waals surface area contributed by atoms with Gasteiger partial charge in [-0.3, -0.25) is 4.79 Å². The quantitative estimate of drug-likeness (QED) is 0.800. The van der Waals surface area contributed by atoms with E-state index >= 15 is 0 Å². The first-order valence-electron chi connectivity index (χ1n) is 5.31. The van der Waals surface area contributed by atoms with Crippen molar-refractivity contribution in [3.05, 3.63) is 54.1 Å². The van der Waals surface area contributed by atoms with E-state index in [-0.39, 0.29) is 4.69 Å². The average Bonchev–Trinajstić information content (AvgIpc) is 2.40. The number of hydrogen-bond acceptors (Lipinski definition) is 3. The minimum absolute atomic E-state index is 0.202. The van der Waals surface area contributed by atoms with E-state index in [4.69, 9.17) is 9.47 Å². The molecule has 0 aliphatic rings. The fourth-order valence-corrected chi connectivity index (χ4v) is 1.82. The van der Waals surface area contributed by atoms with Crippen molar-refractivity contribution in [3.8, 4) is 17.2 Å². The second-order valence-corrected chi connectivity index (χ2v) is 4.27. The molecule has 92 valence electrons. The third kappa shape index (κ3) is 2.90. The van der Waals surface area contributed by atoms with E-state index in [1.807, 2.05) is 6.07 Å². The van der Waals surface area contributed by atoms with Crippen LogP contribution in [0.25, 0.3) is 0 Å². The molecule has 0 amide bonds. The zero-order chi connectivity index (χ0) is 13.0. The summed E-state index contributed by atoms with van der Waals surface area (Å²) in [6.07, 6.45) is 0. The maximum atomic E-state index is 11.4. The van der Waals surface area contributed by atoms with Gasteiger partial charge in [0.1, 0.15) is 17.2 Å². The van der Waals surface area contributed by atoms with Gasteiger partial charge in [-0.05, 0) is 52.3 Å². The Balaban J connectivity index is 2.25. The van der Waals surface area contributed by atoms with Crippen molar-refractivity contribution >= 4 is 20.6 Å². The van der Waals surface area contributed by atoms with Crippen LogP contribution in [0.4, 0.5) is 0 Å². The number of rotatable bonds is 4. The number of halogens is 1. The third-order valence-corrected chi connectivity index (χ3v) is 2.81. The molecule has 2 aromatic carbocycles. The van der Waals surface area contributed by atoms with Gasteiger partial charge in [0, 0.05) is 0 Å². The molecule has 4 heteroatoms. The molecule has 18 heavy (non-hydrogen) atoms. The first kappa shape index (κ1) is 12.6. The van der Waals surface area contributed by atoms with Crippen LogP contribution in [0.2, 0.25) is 0 Å². The first-order chi connectivity index (χ1) is 8.70. The summed E-state index contributed by atoms with van der Waals surface area (Å²) < 4.78 is 10.5. The molecule has 2 rings (SSSR count). The molecule has 0 fully saturated rings. The van der Waals surface area contributed by atoms with Crippen LogP contribution in [0.15, 0.2) is 48.5 Å². The SMILES string of the molecule is COc1ccc(Oc2ccccc2C(=O)Br)cc1. The standard InChI is InChI=1S/C14H11BrO3/c1-17-10-6-8-11(9-7-10)18-13-5-3-2-4-12(13)14(15)16/h2-9H,1H3. The zero-order valence-electron chi connectivity index (χ0n) is 9.72. The molecule has 0 aliphatic carbocycles. The lowest BCUT2D eigenvalue weighted by atomic mass is 10.2. The van der Waals surface area contributed by atoms with Crippen molar-refractivity contribution in [3.63, 3.8) is 0 Å². The lowest BCUT2D eigenvalue weighted by Crippen LogP contribution is -1.94. The van der Waals surface area contributed by atoms with E-state index in [1.165, 1.54) is 0 Å². The summed E-state index contributed by atoms with van der Waals surface area (Å²) in [7, 11) is 1.61. The second-order valence-electron chi connectivity index (χ2n) is 3.55. The number of carbonyl (C=O) groups is 1. The predicted octanol–water partition coefficient (Wildman–Crippen LogP) is 4.02. The van der Waals surface area contributed by atoms with E-state index in [0.717, 1.165) is 5.75 Å². The molecule has 3 nitrogen and oxygen atoms in total. The van der Waals surface area contributed by atoms with Crippen LogP contribution in [-0.4, -0.2) is 11.8 Å². The molecule has 0 atom stereocenters. The molecule has 0 unspecified atom stereocenters. The molecule has 0 heterocycles. The van der Waals surface area contributed by atoms with E-state index in [1.54, 1.807) is 49.6 Å². The number of para-hydroxylation sites is 1. The number of carbonyl (C=O) groups excluding carboxylic acids is 1. The van der Waals surface area contributed by atoms with Crippen molar-refractivity contribution in [1.82, 2.24) is 0 Å². The predicted molar refractivity (Wildman–Crippen MR) is 72.8 cm³/mol. The van der Waals surface area contributed by atoms with Crippen LogP contribution in [0.1, 0.15) is 10.4 Å². The number of benzene rings is 2. The number of ether oxygens (including phenoxy) is 2. The van der Waals surface area contributed by atoms with Crippen molar-refractivity contribution in [2.75, 3.05) is 7.11 Å². The lowest BCUT2D eigenvalue weighted by Gasteiger charge is -2.09. The van der Waals surface area contributed by atoms with Gasteiger partial charge in [-0.1, -0.05) is 12.1 Å². The fraction of sp³-hybridized carbons (Fsp3) is 0.0714. The van der Waals surface area contributed by atoms with E-state index in [2.05, 4.69) is 15.9 Å². The molecule has 2 aromatic rings. The van der Waals surface area contributed by atoms with Crippen molar-refractivity contribution in [1.29, 1.82) is 0 Å². The molecule has 0 saturated heterocycles. The van der Waals surface area contributed by atoms with Crippen molar-refractivity contribution in [2.45, 2.75) is 0 Å². The van der Waals surface area contributed by atoms with Crippen LogP contribution in [0, 0.1) is 0 Å². The van der Waals surface area contributed by atoms with Crippen LogP contribution in [-0.2, 0) is 0 Å². The average molecular weight is 307 g/mol. The Bertz CT molecular complexity index is 549. The van der Waals surface area contributed by atoms with Crippen molar-refractivity contribution in [2.24, 2.45) is 0 Å². The highest BCUT2D eigenvalue weighted by Gasteiger charge is 2.09. The van der Waals surface area contributed by atoms with Gasteiger partial charge in [0.15, 0.2) is 0 Å². The maximum absolute atomic E-state index is 11.4. The Morgan fingerprint density at radius 1 is 1.00 bits per heavy atom. The highest BCUT2D eigenvalue weighted by atomic mass is 79.9. The van der Waals surface area contributed by atoms with Crippen molar-refractivity contribution < 1.29 is 14.3 Å². The molecule has 0 N–H and O–H groups in total. The molecular formula is C14H11BrO3. The summed E-state index contributed by atoms with van der Waals surface area (Å²) in [6, 6.07) is 14.2. The summed E-state index contributed by atoms with van der Waals surface area (Å²) in [5, 5.41) is 0. The van der Waals surface area contributed by atoms with Gasteiger partial charge in [0.05, 0.1) is 12.7 Å². The van der Waals surface area contributed by atoms with E-state index in [0.29, 0.717) is 17.1 Å². The van der Waals surface area contributed by atoms with Gasteiger partial charge in [0.2, 0.25) is 4.69 Å². The third-order valence-electron chi connectivity index (χ3n) is 2.39. The number of methoxy groups -OCH3 is 1. The Morgan fingerprint density at radius 2 is 1.61 bits per heavy atom. The summed E-state index contributed by atoms with van der Waals surface area (Å²) >= 11 is 2.93. The van der Waals surface area contributed by atoms with Gasteiger partial charge in [-0.15, -0.1) is 0 Å². The minimum Gasteiger partial charge on any atom is -0.497 e. The lowest BCUT2D eigenvalue weighted by molar-refractivity contribution is 0.109. The summed E-state index contributed by atoms with van der Waals surface area (Å²) in [5.41, 5.74) is 0.494. The summed E-state index contributed by atoms with van der Waals surface area (Å²) in [6.45, 7) is 0. The topological polar surface area (TPSA) is 35.5 Å². The van der Waals surface area contributed by atoms with Gasteiger partial charge < -0.3 is 9.47 Å². The molecule has 0 saturated carbocycles. The smallest absolute Gasteiger partial charge is 0.231 e. The van der Waals surface area contributed by atoms with Crippen LogP contribution >= 0.6 is 15.9 Å². The second kappa shape index (κ2) is 5.69. The molecule has 0 radical (unpaired) electrons. The van der Waals surface area contributed by atoms with Crippen LogP contribution in [0.3, 0.4) is 0 Å². The van der Waals surface area contributed by atoms with E-state index in [9.17, 15) is 4.79 Å². The highest BCUT2D eigenvalue weighted by molar-refractivity contribution is 9.18. The molecule has 0 aromatic heterocycles. The Labute approximate surface area is 113 Å². The van der Waals surface area contributed by atoms with Gasteiger partial charge in [0.25, 0.3) is 0 Å². The molecule has 0 spiro atoms. The van der Waals surface area contributed by atoms with Gasteiger partial charge in [-0.2, -0.15) is 0 Å². The normalized spacial score (nSPS) is 9.89. The van der Waals surface area contributed by atoms with Crippen LogP contribution in [0.5, 0.6) is 17.2 Å². The summed E-state index contributed by atoms with van der Waals surface area (Å²) in [4.78, 5) is 11.4. The van der Waals surface area contributed by atoms with E-state index < -0.39 is 0 Å². The Morgan fingerprint density at radius 3 is 2.22 bits per heavy atom. The highest BCUT2D eigenvalue weighted by Crippen LogP contribution is 2.27. The van der Waals surface area contributed by atoms with Gasteiger partial charge in [-0.25, -0.2) is 0 Å². The Kier molecular flexibility index (Phi) is 3.99. The molecule has 0 bridgehead atoms. The van der Waals surface area contributed by atoms with Crippen LogP contribution < -0.4 is 9.47 Å². The largest absolute Gasteiger partial charge is 0.497 e. The fourth-order valence-electron chi connectivity index (χ4n) is 1.49. The monoisotopic (exact) mass is 306 g/mol. The van der Waals surface area contributed by atoms with Gasteiger partial charge >= 0.3 is 0 Å². The Hall–Kier alpha value is -1.81. The maximum Gasteiger partial charge on any atom is 0.231 e. The minimum atomic E-state index is -0.202. The first-order valence-corrected chi connectivity index (χ1v) is 6.11. The zero-order valence-corrected chi connectivity index (χ0v) is 11.3. The number of hydrogen-bond donors (Lipinski definition) is 0. The summed E-state index contributed by atoms with van der Waals surface area (Å²) in [5.74, 6) is 1.92. The molecular weight excluding hydrogens is 296 g/mol.